The van der Waals surface area contributed by atoms with Gasteiger partial charge in [0.05, 0.1) is 0 Å². The van der Waals surface area contributed by atoms with Gasteiger partial charge in [0, 0.05) is 18.7 Å². The van der Waals surface area contributed by atoms with Crippen LogP contribution in [0.4, 0.5) is 0 Å². The van der Waals surface area contributed by atoms with Crippen molar-refractivity contribution in [2.45, 2.75) is 32.1 Å². The number of hydrogen-bond acceptors (Lipinski definition) is 3. The highest BCUT2D eigenvalue weighted by atomic mass is 16.3. The van der Waals surface area contributed by atoms with Crippen LogP contribution in [0, 0.1) is 0 Å². The molecule has 4 heteroatoms. The highest BCUT2D eigenvalue weighted by Crippen LogP contribution is 2.19. The number of nitrogens with zero attached hydrogens (tertiary/aromatic N) is 1. The highest BCUT2D eigenvalue weighted by Gasteiger charge is 2.05. The van der Waals surface area contributed by atoms with Gasteiger partial charge >= 0.3 is 0 Å². The fourth-order valence-corrected chi connectivity index (χ4v) is 2.65. The second kappa shape index (κ2) is 7.07. The number of benzene rings is 1. The zero-order valence-electron chi connectivity index (χ0n) is 12.5. The molecule has 1 amide bonds. The van der Waals surface area contributed by atoms with Crippen LogP contribution >= 0.6 is 0 Å². The van der Waals surface area contributed by atoms with Crippen LogP contribution in [-0.4, -0.2) is 17.4 Å². The van der Waals surface area contributed by atoms with Gasteiger partial charge < -0.3 is 9.73 Å². The predicted octanol–water partition coefficient (Wildman–Crippen LogP) is 3.85. The van der Waals surface area contributed by atoms with Crippen LogP contribution < -0.4 is 5.32 Å². The molecule has 0 fully saturated rings. The lowest BCUT2D eigenvalue weighted by Gasteiger charge is -2.12. The van der Waals surface area contributed by atoms with E-state index in [0.29, 0.717) is 12.4 Å². The van der Waals surface area contributed by atoms with Crippen LogP contribution in [0.3, 0.4) is 0 Å². The second-order valence-electron chi connectivity index (χ2n) is 5.50. The lowest BCUT2D eigenvalue weighted by Crippen LogP contribution is -2.22. The molecule has 114 valence electrons. The summed E-state index contributed by atoms with van der Waals surface area (Å²) in [7, 11) is 0. The van der Waals surface area contributed by atoms with E-state index in [4.69, 9.17) is 4.42 Å². The van der Waals surface area contributed by atoms with E-state index in [1.807, 2.05) is 24.3 Å². The van der Waals surface area contributed by atoms with Gasteiger partial charge in [-0.1, -0.05) is 23.8 Å². The molecule has 2 aromatic rings. The summed E-state index contributed by atoms with van der Waals surface area (Å²) in [5.74, 6) is 0.338. The van der Waals surface area contributed by atoms with Gasteiger partial charge in [0.15, 0.2) is 5.58 Å². The Hall–Kier alpha value is -2.36. The number of aromatic nitrogens is 1. The standard InChI is InChI=1S/C18H20N2O2/c21-17(19-13-12-14-6-2-1-3-7-14)10-11-18-20-15-8-4-5-9-16(15)22-18/h4-6,8-11H,1-3,7,12-13H2,(H,19,21)/b11-10+. The van der Waals surface area contributed by atoms with E-state index in [0.717, 1.165) is 17.5 Å². The molecule has 1 aliphatic rings. The zero-order chi connectivity index (χ0) is 15.2. The maximum atomic E-state index is 11.8. The number of hydrogen-bond donors (Lipinski definition) is 1. The highest BCUT2D eigenvalue weighted by molar-refractivity contribution is 5.91. The molecule has 3 rings (SSSR count). The molecule has 1 heterocycles. The summed E-state index contributed by atoms with van der Waals surface area (Å²) >= 11 is 0. The molecule has 22 heavy (non-hydrogen) atoms. The number of carbonyl (C=O) groups is 1. The molecule has 0 atom stereocenters. The Balaban J connectivity index is 1.49. The molecular weight excluding hydrogens is 276 g/mol. The van der Waals surface area contributed by atoms with Crippen LogP contribution in [0.2, 0.25) is 0 Å². The van der Waals surface area contributed by atoms with Crippen LogP contribution in [0.1, 0.15) is 38.0 Å². The van der Waals surface area contributed by atoms with Crippen molar-refractivity contribution in [2.24, 2.45) is 0 Å². The van der Waals surface area contributed by atoms with E-state index >= 15 is 0 Å². The topological polar surface area (TPSA) is 55.1 Å². The average Bonchev–Trinajstić information content (AvgIpc) is 2.97. The molecule has 0 unspecified atom stereocenters. The Morgan fingerprint density at radius 1 is 1.32 bits per heavy atom. The number of para-hydroxylation sites is 2. The molecule has 1 aliphatic carbocycles. The monoisotopic (exact) mass is 296 g/mol. The summed E-state index contributed by atoms with van der Waals surface area (Å²) in [4.78, 5) is 16.1. The summed E-state index contributed by atoms with van der Waals surface area (Å²) in [6, 6.07) is 7.55. The zero-order valence-corrected chi connectivity index (χ0v) is 12.5. The van der Waals surface area contributed by atoms with E-state index in [1.54, 1.807) is 6.08 Å². The third-order valence-electron chi connectivity index (χ3n) is 3.82. The maximum absolute atomic E-state index is 11.8. The molecule has 4 nitrogen and oxygen atoms in total. The smallest absolute Gasteiger partial charge is 0.244 e. The summed E-state index contributed by atoms with van der Waals surface area (Å²) in [6.07, 6.45) is 11.3. The molecule has 0 aliphatic heterocycles. The first-order chi connectivity index (χ1) is 10.8. The van der Waals surface area contributed by atoms with Crippen LogP contribution in [-0.2, 0) is 4.79 Å². The SMILES string of the molecule is O=C(/C=C/c1nc2ccccc2o1)NCCC1=CCCCC1. The number of amides is 1. The van der Waals surface area contributed by atoms with Crippen LogP contribution in [0.5, 0.6) is 0 Å². The van der Waals surface area contributed by atoms with Crippen molar-refractivity contribution in [1.29, 1.82) is 0 Å². The fourth-order valence-electron chi connectivity index (χ4n) is 2.65. The van der Waals surface area contributed by atoms with Crippen molar-refractivity contribution >= 4 is 23.1 Å². The minimum absolute atomic E-state index is 0.112. The van der Waals surface area contributed by atoms with Crippen LogP contribution in [0.25, 0.3) is 17.2 Å². The van der Waals surface area contributed by atoms with E-state index < -0.39 is 0 Å². The lowest BCUT2D eigenvalue weighted by atomic mass is 9.97. The number of carbonyl (C=O) groups excluding carboxylic acids is 1. The summed E-state index contributed by atoms with van der Waals surface area (Å²) in [6.45, 7) is 0.683. The van der Waals surface area contributed by atoms with Gasteiger partial charge in [-0.3, -0.25) is 4.79 Å². The lowest BCUT2D eigenvalue weighted by molar-refractivity contribution is -0.116. The Bertz CT molecular complexity index is 680. The summed E-state index contributed by atoms with van der Waals surface area (Å²) < 4.78 is 5.53. The second-order valence-corrected chi connectivity index (χ2v) is 5.50. The Morgan fingerprint density at radius 2 is 2.23 bits per heavy atom. The molecule has 1 aromatic carbocycles. The molecular formula is C18H20N2O2. The van der Waals surface area contributed by atoms with Gasteiger partial charge in [-0.25, -0.2) is 4.98 Å². The number of oxazole rings is 1. The normalized spacial score (nSPS) is 15.2. The third-order valence-corrected chi connectivity index (χ3v) is 3.82. The Kier molecular flexibility index (Phi) is 4.68. The number of rotatable bonds is 5. The van der Waals surface area contributed by atoms with E-state index in [9.17, 15) is 4.79 Å². The molecule has 1 N–H and O–H groups in total. The quantitative estimate of drug-likeness (QED) is 0.673. The molecule has 1 aromatic heterocycles. The molecule has 0 bridgehead atoms. The number of allylic oxidation sites excluding steroid dienone is 1. The van der Waals surface area contributed by atoms with E-state index in [2.05, 4.69) is 16.4 Å². The predicted molar refractivity (Wildman–Crippen MR) is 87.2 cm³/mol. The van der Waals surface area contributed by atoms with Gasteiger partial charge in [0.25, 0.3) is 0 Å². The van der Waals surface area contributed by atoms with E-state index in [1.165, 1.54) is 37.3 Å². The largest absolute Gasteiger partial charge is 0.437 e. The summed E-state index contributed by atoms with van der Waals surface area (Å²) in [5, 5.41) is 2.90. The molecule has 0 saturated carbocycles. The fraction of sp³-hybridized carbons (Fsp3) is 0.333. The Morgan fingerprint density at radius 3 is 3.05 bits per heavy atom. The van der Waals surface area contributed by atoms with Crippen molar-refractivity contribution in [3.63, 3.8) is 0 Å². The van der Waals surface area contributed by atoms with Crippen LogP contribution in [0.15, 0.2) is 46.4 Å². The average molecular weight is 296 g/mol. The molecule has 0 spiro atoms. The van der Waals surface area contributed by atoms with Gasteiger partial charge in [-0.15, -0.1) is 0 Å². The maximum Gasteiger partial charge on any atom is 0.244 e. The number of fused-ring (bicyclic) bond motifs is 1. The van der Waals surface area contributed by atoms with Crippen molar-refractivity contribution in [3.8, 4) is 0 Å². The Labute approximate surface area is 129 Å². The van der Waals surface area contributed by atoms with Gasteiger partial charge in [0.1, 0.15) is 5.52 Å². The third kappa shape index (κ3) is 3.85. The van der Waals surface area contributed by atoms with Crippen molar-refractivity contribution in [1.82, 2.24) is 10.3 Å². The minimum Gasteiger partial charge on any atom is -0.437 e. The molecule has 0 saturated heterocycles. The van der Waals surface area contributed by atoms with Crippen molar-refractivity contribution in [2.75, 3.05) is 6.54 Å². The first kappa shape index (κ1) is 14.6. The molecule has 0 radical (unpaired) electrons. The minimum atomic E-state index is -0.112. The first-order valence-electron chi connectivity index (χ1n) is 7.81. The van der Waals surface area contributed by atoms with Crippen molar-refractivity contribution in [3.05, 3.63) is 47.9 Å². The van der Waals surface area contributed by atoms with Gasteiger partial charge in [-0.05, 0) is 44.2 Å². The summed E-state index contributed by atoms with van der Waals surface area (Å²) in [5.41, 5.74) is 2.99. The first-order valence-corrected chi connectivity index (χ1v) is 7.81. The number of nitrogens with one attached hydrogen (secondary N) is 1. The van der Waals surface area contributed by atoms with Gasteiger partial charge in [-0.2, -0.15) is 0 Å². The van der Waals surface area contributed by atoms with Crippen molar-refractivity contribution < 1.29 is 9.21 Å². The van der Waals surface area contributed by atoms with E-state index in [-0.39, 0.29) is 5.91 Å². The van der Waals surface area contributed by atoms with Gasteiger partial charge in [0.2, 0.25) is 11.8 Å².